The molecule has 2 rings (SSSR count). The molecule has 0 aromatic heterocycles. The van der Waals surface area contributed by atoms with E-state index in [9.17, 15) is 18.0 Å². The summed E-state index contributed by atoms with van der Waals surface area (Å²) in [7, 11) is -2.50. The summed E-state index contributed by atoms with van der Waals surface area (Å²) in [6.45, 7) is 1.41. The third-order valence-electron chi connectivity index (χ3n) is 3.72. The number of likely N-dealkylation sites (N-methyl/N-ethyl adjacent to an activating group) is 1. The molecule has 0 heterocycles. The first-order chi connectivity index (χ1) is 13.2. The van der Waals surface area contributed by atoms with Crippen LogP contribution in [0.3, 0.4) is 0 Å². The van der Waals surface area contributed by atoms with Gasteiger partial charge in [-0.25, -0.2) is 8.42 Å². The van der Waals surface area contributed by atoms with Crippen molar-refractivity contribution in [2.75, 3.05) is 13.6 Å². The Morgan fingerprint density at radius 2 is 1.64 bits per heavy atom. The first-order valence-electron chi connectivity index (χ1n) is 8.24. The Labute approximate surface area is 172 Å². The number of nitrogens with zero attached hydrogens (tertiary/aromatic N) is 1. The van der Waals surface area contributed by atoms with Gasteiger partial charge in [0.15, 0.2) is 0 Å². The summed E-state index contributed by atoms with van der Waals surface area (Å²) in [5.41, 5.74) is 6.14. The van der Waals surface area contributed by atoms with Crippen LogP contribution in [0.25, 0.3) is 6.08 Å². The van der Waals surface area contributed by atoms with Gasteiger partial charge < -0.3 is 0 Å². The van der Waals surface area contributed by atoms with Crippen LogP contribution in [0.15, 0.2) is 64.0 Å². The number of aryl methyl sites for hydroxylation is 1. The van der Waals surface area contributed by atoms with Gasteiger partial charge in [-0.3, -0.25) is 20.4 Å². The number of amides is 2. The number of carbonyl (C=O) groups excluding carboxylic acids is 2. The molecule has 0 saturated heterocycles. The van der Waals surface area contributed by atoms with Crippen molar-refractivity contribution in [3.05, 3.63) is 70.2 Å². The lowest BCUT2D eigenvalue weighted by molar-refractivity contribution is -0.126. The third-order valence-corrected chi connectivity index (χ3v) is 6.06. The molecule has 28 heavy (non-hydrogen) atoms. The van der Waals surface area contributed by atoms with Gasteiger partial charge in [-0.05, 0) is 42.8 Å². The van der Waals surface area contributed by atoms with Gasteiger partial charge in [0.05, 0.1) is 11.4 Å². The SMILES string of the molecule is Cc1ccc(S(=O)(=O)N(C)CC(=O)NNC(=O)/C=C/c2ccc(Br)cc2)cc1. The minimum absolute atomic E-state index is 0.0925. The van der Waals surface area contributed by atoms with Crippen molar-refractivity contribution in [3.8, 4) is 0 Å². The molecule has 0 unspecified atom stereocenters. The standard InChI is InChI=1S/C19H20BrN3O4S/c1-14-3-10-17(11-4-14)28(26,27)23(2)13-19(25)22-21-18(24)12-7-15-5-8-16(20)9-6-15/h3-12H,13H2,1-2H3,(H,21,24)(H,22,25)/b12-7+. The molecule has 0 saturated carbocycles. The summed E-state index contributed by atoms with van der Waals surface area (Å²) in [6, 6.07) is 13.6. The van der Waals surface area contributed by atoms with Crippen molar-refractivity contribution in [2.24, 2.45) is 0 Å². The van der Waals surface area contributed by atoms with Gasteiger partial charge in [0.1, 0.15) is 0 Å². The maximum absolute atomic E-state index is 12.4. The summed E-state index contributed by atoms with van der Waals surface area (Å²) >= 11 is 3.32. The molecule has 2 aromatic carbocycles. The minimum Gasteiger partial charge on any atom is -0.272 e. The molecule has 0 aliphatic carbocycles. The van der Waals surface area contributed by atoms with Crippen LogP contribution in [0.2, 0.25) is 0 Å². The van der Waals surface area contributed by atoms with Crippen molar-refractivity contribution in [1.29, 1.82) is 0 Å². The lowest BCUT2D eigenvalue weighted by atomic mass is 10.2. The fourth-order valence-corrected chi connectivity index (χ4v) is 3.53. The molecular formula is C19H20BrN3O4S. The molecule has 0 aliphatic rings. The summed E-state index contributed by atoms with van der Waals surface area (Å²) in [4.78, 5) is 23.8. The van der Waals surface area contributed by atoms with E-state index in [0.29, 0.717) is 0 Å². The number of carbonyl (C=O) groups is 2. The Morgan fingerprint density at radius 3 is 2.25 bits per heavy atom. The van der Waals surface area contributed by atoms with Gasteiger partial charge in [-0.2, -0.15) is 4.31 Å². The van der Waals surface area contributed by atoms with E-state index in [1.165, 1.54) is 25.3 Å². The monoisotopic (exact) mass is 465 g/mol. The average Bonchev–Trinajstić information content (AvgIpc) is 2.66. The maximum Gasteiger partial charge on any atom is 0.262 e. The molecular weight excluding hydrogens is 446 g/mol. The van der Waals surface area contributed by atoms with Crippen LogP contribution in [0.5, 0.6) is 0 Å². The van der Waals surface area contributed by atoms with Gasteiger partial charge in [-0.15, -0.1) is 0 Å². The molecule has 0 bridgehead atoms. The smallest absolute Gasteiger partial charge is 0.262 e. The predicted molar refractivity (Wildman–Crippen MR) is 110 cm³/mol. The second-order valence-electron chi connectivity index (χ2n) is 6.00. The number of hydrogen-bond donors (Lipinski definition) is 2. The number of hydrogen-bond acceptors (Lipinski definition) is 4. The number of nitrogens with one attached hydrogen (secondary N) is 2. The van der Waals surface area contributed by atoms with Crippen molar-refractivity contribution in [1.82, 2.24) is 15.2 Å². The number of benzene rings is 2. The number of hydrazine groups is 1. The topological polar surface area (TPSA) is 95.6 Å². The van der Waals surface area contributed by atoms with Crippen LogP contribution in [0.1, 0.15) is 11.1 Å². The van der Waals surface area contributed by atoms with Gasteiger partial charge in [0, 0.05) is 17.6 Å². The quantitative estimate of drug-likeness (QED) is 0.504. The maximum atomic E-state index is 12.4. The van der Waals surface area contributed by atoms with Crippen molar-refractivity contribution in [2.45, 2.75) is 11.8 Å². The van der Waals surface area contributed by atoms with Crippen LogP contribution in [-0.4, -0.2) is 38.1 Å². The van der Waals surface area contributed by atoms with Crippen LogP contribution in [0.4, 0.5) is 0 Å². The van der Waals surface area contributed by atoms with Gasteiger partial charge in [-0.1, -0.05) is 45.8 Å². The van der Waals surface area contributed by atoms with Crippen LogP contribution < -0.4 is 10.9 Å². The largest absolute Gasteiger partial charge is 0.272 e. The van der Waals surface area contributed by atoms with E-state index in [1.807, 2.05) is 31.2 Å². The normalized spacial score (nSPS) is 11.6. The molecule has 2 amide bonds. The molecule has 0 aliphatic heterocycles. The zero-order valence-electron chi connectivity index (χ0n) is 15.3. The second kappa shape index (κ2) is 9.63. The Balaban J connectivity index is 1.86. The van der Waals surface area contributed by atoms with E-state index in [4.69, 9.17) is 0 Å². The zero-order valence-corrected chi connectivity index (χ0v) is 17.7. The highest BCUT2D eigenvalue weighted by atomic mass is 79.9. The molecule has 0 atom stereocenters. The molecule has 0 spiro atoms. The van der Waals surface area contributed by atoms with E-state index in [-0.39, 0.29) is 4.90 Å². The fourth-order valence-electron chi connectivity index (χ4n) is 2.14. The number of sulfonamides is 1. The van der Waals surface area contributed by atoms with Gasteiger partial charge in [0.25, 0.3) is 11.8 Å². The Hall–Kier alpha value is -2.49. The van der Waals surface area contributed by atoms with Crippen molar-refractivity contribution >= 4 is 43.8 Å². The van der Waals surface area contributed by atoms with E-state index in [0.717, 1.165) is 19.9 Å². The summed E-state index contributed by atoms with van der Waals surface area (Å²) in [5.74, 6) is -1.20. The number of rotatable bonds is 6. The van der Waals surface area contributed by atoms with Gasteiger partial charge >= 0.3 is 0 Å². The highest BCUT2D eigenvalue weighted by Gasteiger charge is 2.22. The van der Waals surface area contributed by atoms with E-state index >= 15 is 0 Å². The van der Waals surface area contributed by atoms with E-state index in [1.54, 1.807) is 18.2 Å². The van der Waals surface area contributed by atoms with Crippen LogP contribution in [-0.2, 0) is 19.6 Å². The second-order valence-corrected chi connectivity index (χ2v) is 8.96. The molecule has 9 heteroatoms. The first-order valence-corrected chi connectivity index (χ1v) is 10.5. The Kier molecular flexibility index (Phi) is 7.50. The lowest BCUT2D eigenvalue weighted by Gasteiger charge is -2.17. The molecule has 0 fully saturated rings. The van der Waals surface area contributed by atoms with Crippen molar-refractivity contribution in [3.63, 3.8) is 0 Å². The third kappa shape index (κ3) is 6.29. The van der Waals surface area contributed by atoms with Gasteiger partial charge in [0.2, 0.25) is 10.0 Å². The summed E-state index contributed by atoms with van der Waals surface area (Å²) in [5, 5.41) is 0. The zero-order chi connectivity index (χ0) is 20.7. The molecule has 2 aromatic rings. The Bertz CT molecular complexity index is 971. The first kappa shape index (κ1) is 21.8. The number of halogens is 1. The van der Waals surface area contributed by atoms with E-state index < -0.39 is 28.4 Å². The minimum atomic E-state index is -3.80. The molecule has 0 radical (unpaired) electrons. The summed E-state index contributed by atoms with van der Waals surface area (Å²) in [6.07, 6.45) is 2.85. The Morgan fingerprint density at radius 1 is 1.04 bits per heavy atom. The lowest BCUT2D eigenvalue weighted by Crippen LogP contribution is -2.46. The highest BCUT2D eigenvalue weighted by Crippen LogP contribution is 2.14. The predicted octanol–water partition coefficient (Wildman–Crippen LogP) is 2.24. The molecule has 2 N–H and O–H groups in total. The molecule has 148 valence electrons. The molecule has 7 nitrogen and oxygen atoms in total. The van der Waals surface area contributed by atoms with E-state index in [2.05, 4.69) is 26.8 Å². The van der Waals surface area contributed by atoms with Crippen LogP contribution in [0, 0.1) is 6.92 Å². The van der Waals surface area contributed by atoms with Crippen LogP contribution >= 0.6 is 15.9 Å². The fraction of sp³-hybridized carbons (Fsp3) is 0.158. The highest BCUT2D eigenvalue weighted by molar-refractivity contribution is 9.10. The average molecular weight is 466 g/mol. The van der Waals surface area contributed by atoms with Crippen molar-refractivity contribution < 1.29 is 18.0 Å². The summed E-state index contributed by atoms with van der Waals surface area (Å²) < 4.78 is 26.7.